The van der Waals surface area contributed by atoms with E-state index >= 15 is 0 Å². The first-order chi connectivity index (χ1) is 9.68. The molecule has 0 aromatic rings. The molecule has 6 nitrogen and oxygen atoms in total. The average Bonchev–Trinajstić information content (AvgIpc) is 2.96. The molecular formula is C14H24N2O4. The summed E-state index contributed by atoms with van der Waals surface area (Å²) < 4.78 is 10.9. The molecule has 2 fully saturated rings. The standard InChI is InChI=1S/C14H24N2O4/c15-14(18)12-5-1-2-7-16(12)13(17)6-9-19-10-11-4-3-8-20-11/h11-12H,1-10H2,(H2,15,18)/t11-,12+/m1/s1. The molecule has 2 atom stereocenters. The van der Waals surface area contributed by atoms with Gasteiger partial charge < -0.3 is 20.1 Å². The summed E-state index contributed by atoms with van der Waals surface area (Å²) in [4.78, 5) is 25.1. The maximum atomic E-state index is 12.1. The number of rotatable bonds is 6. The van der Waals surface area contributed by atoms with Gasteiger partial charge in [0.1, 0.15) is 6.04 Å². The first-order valence-electron chi connectivity index (χ1n) is 7.46. The van der Waals surface area contributed by atoms with Crippen LogP contribution in [0.4, 0.5) is 0 Å². The summed E-state index contributed by atoms with van der Waals surface area (Å²) >= 11 is 0. The Kier molecular flexibility index (Phi) is 5.79. The lowest BCUT2D eigenvalue weighted by molar-refractivity contribution is -0.142. The second kappa shape index (κ2) is 7.59. The van der Waals surface area contributed by atoms with Gasteiger partial charge in [0.25, 0.3) is 0 Å². The second-order valence-electron chi connectivity index (χ2n) is 5.46. The maximum Gasteiger partial charge on any atom is 0.240 e. The van der Waals surface area contributed by atoms with Crippen LogP contribution in [0.15, 0.2) is 0 Å². The van der Waals surface area contributed by atoms with Crippen LogP contribution in [0.2, 0.25) is 0 Å². The third kappa shape index (κ3) is 4.18. The fourth-order valence-electron chi connectivity index (χ4n) is 2.82. The van der Waals surface area contributed by atoms with E-state index in [4.69, 9.17) is 15.2 Å². The highest BCUT2D eigenvalue weighted by atomic mass is 16.5. The number of nitrogens with zero attached hydrogens (tertiary/aromatic N) is 1. The molecule has 2 rings (SSSR count). The molecule has 2 saturated heterocycles. The van der Waals surface area contributed by atoms with Crippen LogP contribution >= 0.6 is 0 Å². The highest BCUT2D eigenvalue weighted by Crippen LogP contribution is 2.18. The Balaban J connectivity index is 1.68. The van der Waals surface area contributed by atoms with E-state index in [2.05, 4.69) is 0 Å². The molecule has 2 aliphatic rings. The first kappa shape index (κ1) is 15.3. The lowest BCUT2D eigenvalue weighted by atomic mass is 10.0. The molecular weight excluding hydrogens is 260 g/mol. The van der Waals surface area contributed by atoms with Gasteiger partial charge in [-0.05, 0) is 32.1 Å². The Morgan fingerprint density at radius 1 is 1.25 bits per heavy atom. The van der Waals surface area contributed by atoms with Crippen molar-refractivity contribution in [2.75, 3.05) is 26.4 Å². The van der Waals surface area contributed by atoms with Crippen molar-refractivity contribution in [1.29, 1.82) is 0 Å². The van der Waals surface area contributed by atoms with Crippen molar-refractivity contribution in [2.24, 2.45) is 5.73 Å². The maximum absolute atomic E-state index is 12.1. The summed E-state index contributed by atoms with van der Waals surface area (Å²) in [7, 11) is 0. The van der Waals surface area contributed by atoms with Crippen LogP contribution in [-0.2, 0) is 19.1 Å². The SMILES string of the molecule is NC(=O)[C@@H]1CCCCN1C(=O)CCOC[C@H]1CCCO1. The van der Waals surface area contributed by atoms with E-state index < -0.39 is 11.9 Å². The highest BCUT2D eigenvalue weighted by molar-refractivity contribution is 5.86. The molecule has 2 heterocycles. The first-order valence-corrected chi connectivity index (χ1v) is 7.46. The summed E-state index contributed by atoms with van der Waals surface area (Å²) in [5, 5.41) is 0. The predicted octanol–water partition coefficient (Wildman–Crippen LogP) is 0.438. The quantitative estimate of drug-likeness (QED) is 0.717. The van der Waals surface area contributed by atoms with Gasteiger partial charge in [-0.3, -0.25) is 9.59 Å². The van der Waals surface area contributed by atoms with Gasteiger partial charge in [-0.15, -0.1) is 0 Å². The van der Waals surface area contributed by atoms with E-state index in [1.165, 1.54) is 0 Å². The molecule has 0 aromatic carbocycles. The van der Waals surface area contributed by atoms with Crippen LogP contribution in [0.5, 0.6) is 0 Å². The Labute approximate surface area is 119 Å². The fourth-order valence-corrected chi connectivity index (χ4v) is 2.82. The van der Waals surface area contributed by atoms with Gasteiger partial charge in [0, 0.05) is 13.2 Å². The minimum Gasteiger partial charge on any atom is -0.378 e. The number of likely N-dealkylation sites (tertiary alicyclic amines) is 1. The van der Waals surface area contributed by atoms with Crippen LogP contribution in [0, 0.1) is 0 Å². The normalized spacial score (nSPS) is 26.7. The van der Waals surface area contributed by atoms with Crippen LogP contribution in [0.3, 0.4) is 0 Å². The van der Waals surface area contributed by atoms with Crippen molar-refractivity contribution in [3.8, 4) is 0 Å². The molecule has 0 bridgehead atoms. The molecule has 0 radical (unpaired) electrons. The van der Waals surface area contributed by atoms with Gasteiger partial charge in [0.15, 0.2) is 0 Å². The summed E-state index contributed by atoms with van der Waals surface area (Å²) in [5.74, 6) is -0.445. The number of amides is 2. The van der Waals surface area contributed by atoms with E-state index in [1.54, 1.807) is 4.90 Å². The molecule has 0 spiro atoms. The molecule has 2 amide bonds. The molecule has 0 aliphatic carbocycles. The topological polar surface area (TPSA) is 81.9 Å². The van der Waals surface area contributed by atoms with E-state index in [0.29, 0.717) is 32.6 Å². The number of carbonyl (C=O) groups is 2. The zero-order valence-corrected chi connectivity index (χ0v) is 11.9. The number of primary amides is 1. The Hall–Kier alpha value is -1.14. The van der Waals surface area contributed by atoms with E-state index in [-0.39, 0.29) is 12.0 Å². The molecule has 2 N–H and O–H groups in total. The monoisotopic (exact) mass is 284 g/mol. The van der Waals surface area contributed by atoms with Gasteiger partial charge in [-0.1, -0.05) is 0 Å². The third-order valence-corrected chi connectivity index (χ3v) is 3.94. The third-order valence-electron chi connectivity index (χ3n) is 3.94. The molecule has 0 aromatic heterocycles. The van der Waals surface area contributed by atoms with Crippen LogP contribution in [0.1, 0.15) is 38.5 Å². The molecule has 0 unspecified atom stereocenters. The largest absolute Gasteiger partial charge is 0.378 e. The Bertz CT molecular complexity index is 342. The van der Waals surface area contributed by atoms with Crippen LogP contribution in [-0.4, -0.2) is 55.2 Å². The fraction of sp³-hybridized carbons (Fsp3) is 0.857. The number of carbonyl (C=O) groups excluding carboxylic acids is 2. The van der Waals surface area contributed by atoms with Crippen molar-refractivity contribution in [1.82, 2.24) is 4.90 Å². The van der Waals surface area contributed by atoms with Gasteiger partial charge in [-0.25, -0.2) is 0 Å². The molecule has 6 heteroatoms. The summed E-state index contributed by atoms with van der Waals surface area (Å²) in [6.45, 7) is 2.35. The van der Waals surface area contributed by atoms with Crippen molar-refractivity contribution >= 4 is 11.8 Å². The second-order valence-corrected chi connectivity index (χ2v) is 5.46. The van der Waals surface area contributed by atoms with E-state index in [0.717, 1.165) is 32.3 Å². The number of ether oxygens (including phenoxy) is 2. The van der Waals surface area contributed by atoms with Crippen molar-refractivity contribution in [3.05, 3.63) is 0 Å². The lowest BCUT2D eigenvalue weighted by Crippen LogP contribution is -2.50. The minimum atomic E-state index is -0.436. The predicted molar refractivity (Wildman–Crippen MR) is 73.0 cm³/mol. The van der Waals surface area contributed by atoms with Gasteiger partial charge in [-0.2, -0.15) is 0 Å². The zero-order valence-electron chi connectivity index (χ0n) is 11.9. The van der Waals surface area contributed by atoms with Gasteiger partial charge >= 0.3 is 0 Å². The van der Waals surface area contributed by atoms with E-state index in [1.807, 2.05) is 0 Å². The molecule has 20 heavy (non-hydrogen) atoms. The summed E-state index contributed by atoms with van der Waals surface area (Å²) in [5.41, 5.74) is 5.35. The molecule has 0 saturated carbocycles. The Morgan fingerprint density at radius 3 is 2.80 bits per heavy atom. The van der Waals surface area contributed by atoms with Crippen molar-refractivity contribution < 1.29 is 19.1 Å². The highest BCUT2D eigenvalue weighted by Gasteiger charge is 2.30. The van der Waals surface area contributed by atoms with Gasteiger partial charge in [0.05, 0.1) is 25.7 Å². The Morgan fingerprint density at radius 2 is 2.10 bits per heavy atom. The number of nitrogens with two attached hydrogens (primary N) is 1. The zero-order chi connectivity index (χ0) is 14.4. The van der Waals surface area contributed by atoms with Crippen molar-refractivity contribution in [2.45, 2.75) is 50.7 Å². The molecule has 2 aliphatic heterocycles. The smallest absolute Gasteiger partial charge is 0.240 e. The number of piperidine rings is 1. The summed E-state index contributed by atoms with van der Waals surface area (Å²) in [6.07, 6.45) is 5.16. The molecule has 114 valence electrons. The number of hydrogen-bond acceptors (Lipinski definition) is 4. The van der Waals surface area contributed by atoms with Crippen LogP contribution < -0.4 is 5.73 Å². The van der Waals surface area contributed by atoms with Gasteiger partial charge in [0.2, 0.25) is 11.8 Å². The van der Waals surface area contributed by atoms with Crippen LogP contribution in [0.25, 0.3) is 0 Å². The average molecular weight is 284 g/mol. The minimum absolute atomic E-state index is 0.0409. The van der Waals surface area contributed by atoms with Crippen molar-refractivity contribution in [3.63, 3.8) is 0 Å². The van der Waals surface area contributed by atoms with E-state index in [9.17, 15) is 9.59 Å². The summed E-state index contributed by atoms with van der Waals surface area (Å²) in [6, 6.07) is -0.436. The number of hydrogen-bond donors (Lipinski definition) is 1. The lowest BCUT2D eigenvalue weighted by Gasteiger charge is -2.33.